The van der Waals surface area contributed by atoms with Gasteiger partial charge in [0, 0.05) is 26.2 Å². The van der Waals surface area contributed by atoms with Crippen LogP contribution in [0.4, 0.5) is 0 Å². The summed E-state index contributed by atoms with van der Waals surface area (Å²) < 4.78 is 0. The molecular weight excluding hydrogens is 238 g/mol. The first-order valence-electron chi connectivity index (χ1n) is 7.78. The lowest BCUT2D eigenvalue weighted by Crippen LogP contribution is -2.58. The van der Waals surface area contributed by atoms with Crippen LogP contribution < -0.4 is 5.32 Å². The van der Waals surface area contributed by atoms with Crippen LogP contribution in [0.1, 0.15) is 40.0 Å². The molecule has 0 aromatic heterocycles. The van der Waals surface area contributed by atoms with Crippen LogP contribution in [0.2, 0.25) is 0 Å². The van der Waals surface area contributed by atoms with Gasteiger partial charge in [-0.15, -0.1) is 0 Å². The Hall–Kier alpha value is -0.610. The highest BCUT2D eigenvalue weighted by Gasteiger charge is 2.39. The lowest BCUT2D eigenvalue weighted by molar-refractivity contribution is -0.139. The molecule has 19 heavy (non-hydrogen) atoms. The summed E-state index contributed by atoms with van der Waals surface area (Å²) in [6.07, 6.45) is 3.36. The molecule has 1 atom stereocenters. The van der Waals surface area contributed by atoms with E-state index >= 15 is 0 Å². The van der Waals surface area contributed by atoms with Gasteiger partial charge in [0.05, 0.1) is 5.54 Å². The standard InChI is InChI=1S/C15H29N3O/c1-13(2)5-8-17-9-11-18(12-10-17)14(19)15(3)6-4-7-16-15/h13,16H,4-12H2,1-3H3. The van der Waals surface area contributed by atoms with Crippen molar-refractivity contribution < 1.29 is 4.79 Å². The molecule has 1 amide bonds. The average Bonchev–Trinajstić information content (AvgIpc) is 2.84. The fourth-order valence-corrected chi connectivity index (χ4v) is 3.04. The normalized spacial score (nSPS) is 29.2. The second-order valence-electron chi connectivity index (χ2n) is 6.68. The Bertz CT molecular complexity index is 303. The van der Waals surface area contributed by atoms with Gasteiger partial charge < -0.3 is 10.2 Å². The number of hydrogen-bond acceptors (Lipinski definition) is 3. The molecule has 4 nitrogen and oxygen atoms in total. The Morgan fingerprint density at radius 3 is 2.47 bits per heavy atom. The molecule has 0 aromatic rings. The first-order valence-corrected chi connectivity index (χ1v) is 7.78. The Kier molecular flexibility index (Phi) is 4.85. The minimum atomic E-state index is -0.292. The van der Waals surface area contributed by atoms with Crippen molar-refractivity contribution in [3.63, 3.8) is 0 Å². The van der Waals surface area contributed by atoms with Gasteiger partial charge in [0.25, 0.3) is 0 Å². The van der Waals surface area contributed by atoms with E-state index in [1.807, 2.05) is 0 Å². The van der Waals surface area contributed by atoms with Crippen molar-refractivity contribution in [2.75, 3.05) is 39.3 Å². The van der Waals surface area contributed by atoms with Crippen molar-refractivity contribution in [1.29, 1.82) is 0 Å². The smallest absolute Gasteiger partial charge is 0.242 e. The van der Waals surface area contributed by atoms with Gasteiger partial charge in [0.15, 0.2) is 0 Å². The van der Waals surface area contributed by atoms with Crippen LogP contribution in [0, 0.1) is 5.92 Å². The molecule has 0 aliphatic carbocycles. The highest BCUT2D eigenvalue weighted by atomic mass is 16.2. The maximum Gasteiger partial charge on any atom is 0.242 e. The van der Waals surface area contributed by atoms with Crippen molar-refractivity contribution in [2.24, 2.45) is 5.92 Å². The molecule has 2 heterocycles. The van der Waals surface area contributed by atoms with Gasteiger partial charge in [0.2, 0.25) is 5.91 Å². The van der Waals surface area contributed by atoms with Crippen molar-refractivity contribution >= 4 is 5.91 Å². The van der Waals surface area contributed by atoms with Crippen molar-refractivity contribution in [3.8, 4) is 0 Å². The lowest BCUT2D eigenvalue weighted by Gasteiger charge is -2.38. The molecule has 2 saturated heterocycles. The van der Waals surface area contributed by atoms with Gasteiger partial charge in [-0.1, -0.05) is 13.8 Å². The van der Waals surface area contributed by atoms with E-state index in [9.17, 15) is 4.79 Å². The quantitative estimate of drug-likeness (QED) is 0.834. The second-order valence-corrected chi connectivity index (χ2v) is 6.68. The topological polar surface area (TPSA) is 35.6 Å². The summed E-state index contributed by atoms with van der Waals surface area (Å²) >= 11 is 0. The number of hydrogen-bond donors (Lipinski definition) is 1. The summed E-state index contributed by atoms with van der Waals surface area (Å²) in [4.78, 5) is 17.1. The molecule has 1 unspecified atom stereocenters. The zero-order valence-corrected chi connectivity index (χ0v) is 12.7. The minimum Gasteiger partial charge on any atom is -0.339 e. The van der Waals surface area contributed by atoms with E-state index in [0.29, 0.717) is 5.91 Å². The van der Waals surface area contributed by atoms with Crippen molar-refractivity contribution in [3.05, 3.63) is 0 Å². The van der Waals surface area contributed by atoms with Crippen LogP contribution in [0.5, 0.6) is 0 Å². The van der Waals surface area contributed by atoms with E-state index in [4.69, 9.17) is 0 Å². The monoisotopic (exact) mass is 267 g/mol. The van der Waals surface area contributed by atoms with Crippen LogP contribution in [0.3, 0.4) is 0 Å². The predicted molar refractivity (Wildman–Crippen MR) is 78.1 cm³/mol. The van der Waals surface area contributed by atoms with Gasteiger partial charge in [0.1, 0.15) is 0 Å². The molecule has 2 aliphatic heterocycles. The number of amides is 1. The number of rotatable bonds is 4. The zero-order chi connectivity index (χ0) is 13.9. The number of carbonyl (C=O) groups excluding carboxylic acids is 1. The SMILES string of the molecule is CC(C)CCN1CCN(C(=O)C2(C)CCCN2)CC1. The molecule has 1 N–H and O–H groups in total. The Balaban J connectivity index is 1.78. The van der Waals surface area contributed by atoms with Crippen LogP contribution >= 0.6 is 0 Å². The van der Waals surface area contributed by atoms with Gasteiger partial charge >= 0.3 is 0 Å². The molecule has 0 bridgehead atoms. The van der Waals surface area contributed by atoms with E-state index in [1.54, 1.807) is 0 Å². The van der Waals surface area contributed by atoms with E-state index < -0.39 is 0 Å². The largest absolute Gasteiger partial charge is 0.339 e. The molecule has 0 radical (unpaired) electrons. The van der Waals surface area contributed by atoms with Crippen LogP contribution in [-0.2, 0) is 4.79 Å². The van der Waals surface area contributed by atoms with Gasteiger partial charge in [-0.05, 0) is 45.2 Å². The number of piperazine rings is 1. The Morgan fingerprint density at radius 1 is 1.26 bits per heavy atom. The van der Waals surface area contributed by atoms with E-state index in [0.717, 1.165) is 51.5 Å². The van der Waals surface area contributed by atoms with Crippen LogP contribution in [-0.4, -0.2) is 60.5 Å². The third-order valence-corrected chi connectivity index (χ3v) is 4.52. The summed E-state index contributed by atoms with van der Waals surface area (Å²) in [6.45, 7) is 12.6. The highest BCUT2D eigenvalue weighted by molar-refractivity contribution is 5.86. The number of nitrogens with one attached hydrogen (secondary N) is 1. The van der Waals surface area contributed by atoms with E-state index in [2.05, 4.69) is 35.9 Å². The third-order valence-electron chi connectivity index (χ3n) is 4.52. The molecular formula is C15H29N3O. The van der Waals surface area contributed by atoms with Gasteiger partial charge in [-0.2, -0.15) is 0 Å². The summed E-state index contributed by atoms with van der Waals surface area (Å²) in [6, 6.07) is 0. The van der Waals surface area contributed by atoms with Gasteiger partial charge in [-0.3, -0.25) is 9.69 Å². The lowest BCUT2D eigenvalue weighted by atomic mass is 9.98. The van der Waals surface area contributed by atoms with Gasteiger partial charge in [-0.25, -0.2) is 0 Å². The summed E-state index contributed by atoms with van der Waals surface area (Å²) in [5.74, 6) is 1.08. The van der Waals surface area contributed by atoms with Crippen molar-refractivity contribution in [2.45, 2.75) is 45.6 Å². The van der Waals surface area contributed by atoms with Crippen LogP contribution in [0.25, 0.3) is 0 Å². The first-order chi connectivity index (χ1) is 9.01. The minimum absolute atomic E-state index is 0.292. The zero-order valence-electron chi connectivity index (χ0n) is 12.7. The average molecular weight is 267 g/mol. The number of nitrogens with zero attached hydrogens (tertiary/aromatic N) is 2. The fourth-order valence-electron chi connectivity index (χ4n) is 3.04. The van der Waals surface area contributed by atoms with E-state index in [-0.39, 0.29) is 5.54 Å². The Labute approximate surface area is 117 Å². The summed E-state index contributed by atoms with van der Waals surface area (Å²) in [7, 11) is 0. The third kappa shape index (κ3) is 3.69. The summed E-state index contributed by atoms with van der Waals surface area (Å²) in [5, 5.41) is 3.38. The second kappa shape index (κ2) is 6.23. The molecule has 2 fully saturated rings. The van der Waals surface area contributed by atoms with Crippen LogP contribution in [0.15, 0.2) is 0 Å². The molecule has 0 saturated carbocycles. The maximum atomic E-state index is 12.5. The molecule has 2 rings (SSSR count). The molecule has 2 aliphatic rings. The van der Waals surface area contributed by atoms with Crippen molar-refractivity contribution in [1.82, 2.24) is 15.1 Å². The molecule has 0 spiro atoms. The molecule has 4 heteroatoms. The molecule has 110 valence electrons. The maximum absolute atomic E-state index is 12.5. The fraction of sp³-hybridized carbons (Fsp3) is 0.933. The molecule has 0 aromatic carbocycles. The number of carbonyl (C=O) groups is 1. The highest BCUT2D eigenvalue weighted by Crippen LogP contribution is 2.22. The van der Waals surface area contributed by atoms with E-state index in [1.165, 1.54) is 13.0 Å². The Morgan fingerprint density at radius 2 is 1.95 bits per heavy atom. The first kappa shape index (κ1) is 14.8. The summed E-state index contributed by atoms with van der Waals surface area (Å²) in [5.41, 5.74) is -0.292. The predicted octanol–water partition coefficient (Wildman–Crippen LogP) is 1.32.